The molecule has 0 bridgehead atoms. The van der Waals surface area contributed by atoms with Crippen molar-refractivity contribution in [2.75, 3.05) is 33.9 Å². The number of ether oxygens (including phenoxy) is 2. The van der Waals surface area contributed by atoms with Crippen LogP contribution >= 0.6 is 27.7 Å². The molecule has 0 saturated carbocycles. The van der Waals surface area contributed by atoms with Gasteiger partial charge in [0.25, 0.3) is 11.1 Å². The van der Waals surface area contributed by atoms with E-state index in [1.807, 2.05) is 0 Å². The van der Waals surface area contributed by atoms with Gasteiger partial charge in [-0.15, -0.1) is 0 Å². The first-order chi connectivity index (χ1) is 12.9. The fourth-order valence-electron chi connectivity index (χ4n) is 3.01. The topological polar surface area (TPSA) is 76.2 Å². The zero-order valence-electron chi connectivity index (χ0n) is 15.0. The number of carbonyl (C=O) groups is 3. The lowest BCUT2D eigenvalue weighted by Crippen LogP contribution is -2.40. The Hall–Kier alpha value is -2.00. The van der Waals surface area contributed by atoms with Gasteiger partial charge in [0.05, 0.1) is 23.6 Å². The van der Waals surface area contributed by atoms with Crippen molar-refractivity contribution in [1.82, 2.24) is 9.80 Å². The third kappa shape index (κ3) is 4.14. The number of methoxy groups -OCH3 is 2. The molecular weight excluding hydrogens is 436 g/mol. The van der Waals surface area contributed by atoms with Crippen LogP contribution in [0.15, 0.2) is 21.5 Å². The SMILES string of the molecule is COc1cc(/C=C2\SC(=O)N(CC(=O)N3CCCC3)C2=O)cc(Br)c1OC. The Bertz CT molecular complexity index is 820. The van der Waals surface area contributed by atoms with Crippen LogP contribution in [0.3, 0.4) is 0 Å². The zero-order chi connectivity index (χ0) is 19.6. The molecule has 2 fully saturated rings. The van der Waals surface area contributed by atoms with Crippen LogP contribution < -0.4 is 9.47 Å². The standard InChI is InChI=1S/C18H19BrN2O5S/c1-25-13-8-11(7-12(19)16(13)26-2)9-14-17(23)21(18(24)27-14)10-15(22)20-5-3-4-6-20/h7-9H,3-6,10H2,1-2H3/b14-9-. The van der Waals surface area contributed by atoms with Crippen LogP contribution in [0, 0.1) is 0 Å². The molecule has 0 atom stereocenters. The molecule has 2 heterocycles. The van der Waals surface area contributed by atoms with Crippen LogP contribution in [-0.4, -0.2) is 60.7 Å². The lowest BCUT2D eigenvalue weighted by molar-refractivity contribution is -0.135. The normalized spacial score (nSPS) is 18.6. The van der Waals surface area contributed by atoms with Gasteiger partial charge in [-0.05, 0) is 64.3 Å². The van der Waals surface area contributed by atoms with Crippen molar-refractivity contribution in [3.63, 3.8) is 0 Å². The Morgan fingerprint density at radius 3 is 2.56 bits per heavy atom. The minimum Gasteiger partial charge on any atom is -0.493 e. The summed E-state index contributed by atoms with van der Waals surface area (Å²) < 4.78 is 11.2. The molecule has 7 nitrogen and oxygen atoms in total. The van der Waals surface area contributed by atoms with Gasteiger partial charge in [0.2, 0.25) is 5.91 Å². The number of amides is 3. The maximum absolute atomic E-state index is 12.6. The van der Waals surface area contributed by atoms with Crippen LogP contribution in [-0.2, 0) is 9.59 Å². The summed E-state index contributed by atoms with van der Waals surface area (Å²) in [5, 5.41) is -0.432. The van der Waals surface area contributed by atoms with E-state index in [4.69, 9.17) is 9.47 Å². The first-order valence-electron chi connectivity index (χ1n) is 8.39. The Kier molecular flexibility index (Phi) is 6.11. The van der Waals surface area contributed by atoms with Gasteiger partial charge in [-0.3, -0.25) is 19.3 Å². The van der Waals surface area contributed by atoms with Gasteiger partial charge in [-0.1, -0.05) is 0 Å². The van der Waals surface area contributed by atoms with Crippen LogP contribution in [0.5, 0.6) is 11.5 Å². The molecule has 2 saturated heterocycles. The Labute approximate surface area is 169 Å². The van der Waals surface area contributed by atoms with E-state index in [1.54, 1.807) is 23.1 Å². The van der Waals surface area contributed by atoms with Crippen molar-refractivity contribution in [3.8, 4) is 11.5 Å². The molecule has 0 radical (unpaired) electrons. The number of thioether (sulfide) groups is 1. The summed E-state index contributed by atoms with van der Waals surface area (Å²) in [6.45, 7) is 1.16. The molecule has 0 aliphatic carbocycles. The van der Waals surface area contributed by atoms with E-state index in [1.165, 1.54) is 14.2 Å². The van der Waals surface area contributed by atoms with Crippen LogP contribution in [0.2, 0.25) is 0 Å². The molecule has 27 heavy (non-hydrogen) atoms. The van der Waals surface area contributed by atoms with Gasteiger partial charge in [-0.2, -0.15) is 0 Å². The van der Waals surface area contributed by atoms with Crippen LogP contribution in [0.25, 0.3) is 6.08 Å². The summed E-state index contributed by atoms with van der Waals surface area (Å²) in [7, 11) is 3.05. The number of hydrogen-bond donors (Lipinski definition) is 0. The second-order valence-corrected chi connectivity index (χ2v) is 7.94. The molecule has 9 heteroatoms. The highest BCUT2D eigenvalue weighted by Crippen LogP contribution is 2.38. The first-order valence-corrected chi connectivity index (χ1v) is 10.00. The predicted octanol–water partition coefficient (Wildman–Crippen LogP) is 3.13. The quantitative estimate of drug-likeness (QED) is 0.636. The maximum Gasteiger partial charge on any atom is 0.294 e. The average molecular weight is 455 g/mol. The highest BCUT2D eigenvalue weighted by Gasteiger charge is 2.37. The highest BCUT2D eigenvalue weighted by atomic mass is 79.9. The number of hydrogen-bond acceptors (Lipinski definition) is 6. The molecule has 1 aromatic carbocycles. The predicted molar refractivity (Wildman–Crippen MR) is 106 cm³/mol. The Morgan fingerprint density at radius 1 is 1.22 bits per heavy atom. The fourth-order valence-corrected chi connectivity index (χ4v) is 4.47. The van der Waals surface area contributed by atoms with Gasteiger partial charge < -0.3 is 14.4 Å². The summed E-state index contributed by atoms with van der Waals surface area (Å²) in [6.07, 6.45) is 3.53. The van der Waals surface area contributed by atoms with Gasteiger partial charge in [-0.25, -0.2) is 0 Å². The molecule has 144 valence electrons. The Morgan fingerprint density at radius 2 is 1.93 bits per heavy atom. The number of likely N-dealkylation sites (tertiary alicyclic amines) is 1. The second-order valence-electron chi connectivity index (χ2n) is 6.09. The highest BCUT2D eigenvalue weighted by molar-refractivity contribution is 9.10. The molecule has 1 aromatic rings. The summed E-state index contributed by atoms with van der Waals surface area (Å²) in [5.41, 5.74) is 0.677. The lowest BCUT2D eigenvalue weighted by Gasteiger charge is -2.18. The molecule has 2 aliphatic heterocycles. The smallest absolute Gasteiger partial charge is 0.294 e. The summed E-state index contributed by atoms with van der Waals surface area (Å²) in [4.78, 5) is 40.1. The third-order valence-electron chi connectivity index (χ3n) is 4.38. The first kappa shape index (κ1) is 19.8. The second kappa shape index (κ2) is 8.35. The molecule has 0 unspecified atom stereocenters. The number of nitrogens with zero attached hydrogens (tertiary/aromatic N) is 2. The van der Waals surface area contributed by atoms with Gasteiger partial charge in [0, 0.05) is 13.1 Å². The van der Waals surface area contributed by atoms with Crippen molar-refractivity contribution >= 4 is 50.8 Å². The third-order valence-corrected chi connectivity index (χ3v) is 5.88. The fraction of sp³-hybridized carbons (Fsp3) is 0.389. The summed E-state index contributed by atoms with van der Waals surface area (Å²) in [5.74, 6) is 0.397. The van der Waals surface area contributed by atoms with Gasteiger partial charge >= 0.3 is 0 Å². The summed E-state index contributed by atoms with van der Waals surface area (Å²) in [6, 6.07) is 3.48. The Balaban J connectivity index is 1.80. The number of benzene rings is 1. The van der Waals surface area contributed by atoms with E-state index in [2.05, 4.69) is 15.9 Å². The van der Waals surface area contributed by atoms with Crippen molar-refractivity contribution in [2.24, 2.45) is 0 Å². The van der Waals surface area contributed by atoms with E-state index in [9.17, 15) is 14.4 Å². The van der Waals surface area contributed by atoms with Crippen molar-refractivity contribution in [1.29, 1.82) is 0 Å². The minimum atomic E-state index is -0.455. The lowest BCUT2D eigenvalue weighted by atomic mass is 10.2. The number of imide groups is 1. The number of carbonyl (C=O) groups excluding carboxylic acids is 3. The van der Waals surface area contributed by atoms with Gasteiger partial charge in [0.15, 0.2) is 11.5 Å². The minimum absolute atomic E-state index is 0.190. The number of rotatable bonds is 5. The molecule has 2 aliphatic rings. The molecule has 0 spiro atoms. The molecule has 3 amide bonds. The van der Waals surface area contributed by atoms with E-state index in [0.717, 1.165) is 29.5 Å². The van der Waals surface area contributed by atoms with Crippen molar-refractivity contribution < 1.29 is 23.9 Å². The van der Waals surface area contributed by atoms with E-state index >= 15 is 0 Å². The van der Waals surface area contributed by atoms with Crippen LogP contribution in [0.1, 0.15) is 18.4 Å². The number of halogens is 1. The van der Waals surface area contributed by atoms with Crippen molar-refractivity contribution in [2.45, 2.75) is 12.8 Å². The van der Waals surface area contributed by atoms with Crippen molar-refractivity contribution in [3.05, 3.63) is 27.1 Å². The molecule has 0 N–H and O–H groups in total. The van der Waals surface area contributed by atoms with E-state index in [-0.39, 0.29) is 17.4 Å². The molecule has 0 aromatic heterocycles. The zero-order valence-corrected chi connectivity index (χ0v) is 17.4. The molecular formula is C18H19BrN2O5S. The van der Waals surface area contributed by atoms with Gasteiger partial charge in [0.1, 0.15) is 6.54 Å². The van der Waals surface area contributed by atoms with E-state index < -0.39 is 11.1 Å². The largest absolute Gasteiger partial charge is 0.493 e. The monoisotopic (exact) mass is 454 g/mol. The molecule has 3 rings (SSSR count). The van der Waals surface area contributed by atoms with E-state index in [0.29, 0.717) is 34.6 Å². The van der Waals surface area contributed by atoms with Crippen LogP contribution in [0.4, 0.5) is 4.79 Å². The summed E-state index contributed by atoms with van der Waals surface area (Å²) >= 11 is 4.23. The average Bonchev–Trinajstić information content (AvgIpc) is 3.26. The maximum atomic E-state index is 12.6.